The maximum absolute atomic E-state index is 12.9. The molecule has 1 N–H and O–H groups in total. The number of halogens is 1. The van der Waals surface area contributed by atoms with Crippen LogP contribution >= 0.6 is 0 Å². The average Bonchev–Trinajstić information content (AvgIpc) is 2.42. The number of hydrogen-bond donors (Lipinski definition) is 1. The van der Waals surface area contributed by atoms with Gasteiger partial charge in [-0.05, 0) is 17.7 Å². The molecule has 0 saturated carbocycles. The van der Waals surface area contributed by atoms with Crippen LogP contribution < -0.4 is 5.32 Å². The molecule has 0 aliphatic carbocycles. The lowest BCUT2D eigenvalue weighted by Crippen LogP contribution is -2.47. The van der Waals surface area contributed by atoms with E-state index >= 15 is 0 Å². The van der Waals surface area contributed by atoms with Gasteiger partial charge in [0.1, 0.15) is 11.9 Å². The molecule has 1 aliphatic heterocycles. The van der Waals surface area contributed by atoms with Gasteiger partial charge in [0, 0.05) is 26.2 Å². The second kappa shape index (κ2) is 5.93. The standard InChI is InChI=1S/C13H17FN2O2/c1-18-13(17)12(16-8-6-15-7-9-16)10-2-4-11(14)5-3-10/h2-5,12,15H,6-9H2,1H3. The molecule has 0 spiro atoms. The number of nitrogens with one attached hydrogen (secondary N) is 1. The van der Waals surface area contributed by atoms with Gasteiger partial charge in [-0.25, -0.2) is 9.18 Å². The van der Waals surface area contributed by atoms with Crippen LogP contribution in [0, 0.1) is 5.82 Å². The first-order chi connectivity index (χ1) is 8.72. The highest BCUT2D eigenvalue weighted by molar-refractivity contribution is 5.77. The Balaban J connectivity index is 2.23. The summed E-state index contributed by atoms with van der Waals surface area (Å²) in [7, 11) is 1.38. The first-order valence-electron chi connectivity index (χ1n) is 6.00. The van der Waals surface area contributed by atoms with Crippen LogP contribution in [-0.4, -0.2) is 44.2 Å². The van der Waals surface area contributed by atoms with Crippen LogP contribution in [0.1, 0.15) is 11.6 Å². The van der Waals surface area contributed by atoms with Gasteiger partial charge in [-0.2, -0.15) is 0 Å². The molecule has 1 aliphatic rings. The van der Waals surface area contributed by atoms with Crippen LogP contribution in [0.25, 0.3) is 0 Å². The predicted molar refractivity (Wildman–Crippen MR) is 65.6 cm³/mol. The Morgan fingerprint density at radius 2 is 1.94 bits per heavy atom. The number of hydrogen-bond acceptors (Lipinski definition) is 4. The molecule has 1 unspecified atom stereocenters. The van der Waals surface area contributed by atoms with E-state index in [1.54, 1.807) is 12.1 Å². The van der Waals surface area contributed by atoms with E-state index in [9.17, 15) is 9.18 Å². The summed E-state index contributed by atoms with van der Waals surface area (Å²) in [5.41, 5.74) is 0.769. The molecular formula is C13H17FN2O2. The minimum Gasteiger partial charge on any atom is -0.468 e. The molecule has 1 aromatic carbocycles. The van der Waals surface area contributed by atoms with E-state index in [4.69, 9.17) is 4.74 Å². The zero-order chi connectivity index (χ0) is 13.0. The van der Waals surface area contributed by atoms with Crippen LogP contribution in [0.3, 0.4) is 0 Å². The third-order valence-electron chi connectivity index (χ3n) is 3.13. The number of esters is 1. The van der Waals surface area contributed by atoms with Gasteiger partial charge in [0.15, 0.2) is 0 Å². The minimum atomic E-state index is -0.447. The molecule has 1 atom stereocenters. The first-order valence-corrected chi connectivity index (χ1v) is 6.00. The molecule has 1 fully saturated rings. The van der Waals surface area contributed by atoms with Gasteiger partial charge in [-0.1, -0.05) is 12.1 Å². The van der Waals surface area contributed by atoms with Crippen molar-refractivity contribution >= 4 is 5.97 Å². The highest BCUT2D eigenvalue weighted by atomic mass is 19.1. The van der Waals surface area contributed by atoms with E-state index in [1.807, 2.05) is 0 Å². The molecule has 2 rings (SSSR count). The van der Waals surface area contributed by atoms with Crippen LogP contribution in [0.2, 0.25) is 0 Å². The Kier molecular flexibility index (Phi) is 4.28. The number of methoxy groups -OCH3 is 1. The molecule has 5 heteroatoms. The second-order valence-corrected chi connectivity index (χ2v) is 4.26. The summed E-state index contributed by atoms with van der Waals surface area (Å²) in [6, 6.07) is 5.57. The van der Waals surface area contributed by atoms with Crippen molar-refractivity contribution in [1.29, 1.82) is 0 Å². The maximum atomic E-state index is 12.9. The van der Waals surface area contributed by atoms with Crippen molar-refractivity contribution in [2.24, 2.45) is 0 Å². The Morgan fingerprint density at radius 1 is 1.33 bits per heavy atom. The van der Waals surface area contributed by atoms with Gasteiger partial charge >= 0.3 is 5.97 Å². The van der Waals surface area contributed by atoms with Crippen molar-refractivity contribution in [3.8, 4) is 0 Å². The number of benzene rings is 1. The van der Waals surface area contributed by atoms with Gasteiger partial charge in [0.2, 0.25) is 0 Å². The molecule has 0 amide bonds. The lowest BCUT2D eigenvalue weighted by molar-refractivity contribution is -0.147. The number of carbonyl (C=O) groups is 1. The van der Waals surface area contributed by atoms with E-state index in [0.29, 0.717) is 0 Å². The second-order valence-electron chi connectivity index (χ2n) is 4.26. The van der Waals surface area contributed by atoms with E-state index in [1.165, 1.54) is 19.2 Å². The summed E-state index contributed by atoms with van der Waals surface area (Å²) >= 11 is 0. The number of piperazine rings is 1. The lowest BCUT2D eigenvalue weighted by atomic mass is 10.0. The zero-order valence-electron chi connectivity index (χ0n) is 10.4. The molecule has 18 heavy (non-hydrogen) atoms. The highest BCUT2D eigenvalue weighted by Gasteiger charge is 2.29. The highest BCUT2D eigenvalue weighted by Crippen LogP contribution is 2.22. The van der Waals surface area contributed by atoms with Gasteiger partial charge in [-0.3, -0.25) is 4.90 Å². The Hall–Kier alpha value is -1.46. The monoisotopic (exact) mass is 252 g/mol. The van der Waals surface area contributed by atoms with Crippen molar-refractivity contribution in [2.75, 3.05) is 33.3 Å². The minimum absolute atomic E-state index is 0.302. The number of carbonyl (C=O) groups excluding carboxylic acids is 1. The van der Waals surface area contributed by atoms with Crippen LogP contribution in [0.4, 0.5) is 4.39 Å². The largest absolute Gasteiger partial charge is 0.468 e. The van der Waals surface area contributed by atoms with Crippen molar-refractivity contribution in [3.05, 3.63) is 35.6 Å². The molecule has 1 heterocycles. The average molecular weight is 252 g/mol. The number of rotatable bonds is 3. The maximum Gasteiger partial charge on any atom is 0.327 e. The van der Waals surface area contributed by atoms with Crippen molar-refractivity contribution in [1.82, 2.24) is 10.2 Å². The molecular weight excluding hydrogens is 235 g/mol. The third-order valence-corrected chi connectivity index (χ3v) is 3.13. The fraction of sp³-hybridized carbons (Fsp3) is 0.462. The first kappa shape index (κ1) is 13.0. The number of nitrogens with zero attached hydrogens (tertiary/aromatic N) is 1. The molecule has 0 bridgehead atoms. The van der Waals surface area contributed by atoms with Crippen LogP contribution in [0.5, 0.6) is 0 Å². The van der Waals surface area contributed by atoms with Crippen LogP contribution in [-0.2, 0) is 9.53 Å². The Labute approximate surface area is 106 Å². The summed E-state index contributed by atoms with van der Waals surface area (Å²) in [5, 5.41) is 3.23. The van der Waals surface area contributed by atoms with Crippen molar-refractivity contribution in [2.45, 2.75) is 6.04 Å². The summed E-state index contributed by atoms with van der Waals surface area (Å²) in [6.45, 7) is 3.23. The van der Waals surface area contributed by atoms with Gasteiger partial charge < -0.3 is 10.1 Å². The van der Waals surface area contributed by atoms with Crippen LogP contribution in [0.15, 0.2) is 24.3 Å². The van der Waals surface area contributed by atoms with Gasteiger partial charge in [0.25, 0.3) is 0 Å². The fourth-order valence-electron chi connectivity index (χ4n) is 2.19. The Morgan fingerprint density at radius 3 is 2.50 bits per heavy atom. The fourth-order valence-corrected chi connectivity index (χ4v) is 2.19. The summed E-state index contributed by atoms with van der Waals surface area (Å²) in [6.07, 6.45) is 0. The normalized spacial score (nSPS) is 18.3. The molecule has 98 valence electrons. The van der Waals surface area contributed by atoms with E-state index < -0.39 is 6.04 Å². The zero-order valence-corrected chi connectivity index (χ0v) is 10.4. The third kappa shape index (κ3) is 2.86. The molecule has 1 saturated heterocycles. The van der Waals surface area contributed by atoms with Gasteiger partial charge in [-0.15, -0.1) is 0 Å². The van der Waals surface area contributed by atoms with E-state index in [2.05, 4.69) is 10.2 Å². The Bertz CT molecular complexity index is 402. The summed E-state index contributed by atoms with van der Waals surface area (Å²) in [4.78, 5) is 14.0. The van der Waals surface area contributed by atoms with Crippen molar-refractivity contribution in [3.63, 3.8) is 0 Å². The smallest absolute Gasteiger partial charge is 0.327 e. The summed E-state index contributed by atoms with van der Waals surface area (Å²) < 4.78 is 17.8. The molecule has 4 nitrogen and oxygen atoms in total. The van der Waals surface area contributed by atoms with E-state index in [-0.39, 0.29) is 11.8 Å². The SMILES string of the molecule is COC(=O)C(c1ccc(F)cc1)N1CCNCC1. The molecule has 1 aromatic rings. The van der Waals surface area contributed by atoms with E-state index in [0.717, 1.165) is 31.7 Å². The predicted octanol–water partition coefficient (Wildman–Crippen LogP) is 0.945. The molecule has 0 radical (unpaired) electrons. The van der Waals surface area contributed by atoms with Gasteiger partial charge in [0.05, 0.1) is 7.11 Å². The number of ether oxygens (including phenoxy) is 1. The van der Waals surface area contributed by atoms with Crippen molar-refractivity contribution < 1.29 is 13.9 Å². The lowest BCUT2D eigenvalue weighted by Gasteiger charge is -2.33. The quantitative estimate of drug-likeness (QED) is 0.813. The topological polar surface area (TPSA) is 41.6 Å². The molecule has 0 aromatic heterocycles. The summed E-state index contributed by atoms with van der Waals surface area (Å²) in [5.74, 6) is -0.605.